The van der Waals surface area contributed by atoms with E-state index >= 15 is 0 Å². The number of benzene rings is 3. The van der Waals surface area contributed by atoms with E-state index in [1.165, 1.54) is 26.0 Å². The summed E-state index contributed by atoms with van der Waals surface area (Å²) in [5.41, 5.74) is 2.48. The van der Waals surface area contributed by atoms with E-state index in [-0.39, 0.29) is 17.2 Å². The van der Waals surface area contributed by atoms with Crippen molar-refractivity contribution in [3.8, 4) is 11.5 Å². The zero-order valence-corrected chi connectivity index (χ0v) is 22.3. The molecule has 1 heterocycles. The second kappa shape index (κ2) is 12.7. The highest BCUT2D eigenvalue weighted by atomic mass is 35.5. The van der Waals surface area contributed by atoms with E-state index in [0.29, 0.717) is 52.1 Å². The minimum absolute atomic E-state index is 0.119. The van der Waals surface area contributed by atoms with Gasteiger partial charge in [-0.15, -0.1) is 0 Å². The summed E-state index contributed by atoms with van der Waals surface area (Å²) < 4.78 is 12.4. The molecule has 1 N–H and O–H groups in total. The average Bonchev–Trinajstić information content (AvgIpc) is 2.92. The molecule has 0 spiro atoms. The lowest BCUT2D eigenvalue weighted by molar-refractivity contribution is -0.118. The zero-order chi connectivity index (χ0) is 26.2. The molecule has 9 heteroatoms. The van der Waals surface area contributed by atoms with Crippen LogP contribution in [-0.2, 0) is 24.2 Å². The van der Waals surface area contributed by atoms with Gasteiger partial charge in [0.05, 0.1) is 30.9 Å². The maximum Gasteiger partial charge on any atom is 0.262 e. The van der Waals surface area contributed by atoms with Crippen LogP contribution in [0.3, 0.4) is 0 Å². The quantitative estimate of drug-likeness (QED) is 0.219. The lowest BCUT2D eigenvalue weighted by Crippen LogP contribution is -2.28. The van der Waals surface area contributed by atoms with E-state index in [9.17, 15) is 9.59 Å². The van der Waals surface area contributed by atoms with Crippen molar-refractivity contribution in [3.05, 3.63) is 93.2 Å². The molecule has 0 fully saturated rings. The number of ether oxygens (including phenoxy) is 2. The van der Waals surface area contributed by atoms with Crippen molar-refractivity contribution in [2.45, 2.75) is 24.5 Å². The summed E-state index contributed by atoms with van der Waals surface area (Å²) in [4.78, 5) is 30.9. The third kappa shape index (κ3) is 6.84. The molecule has 0 aliphatic heterocycles. The van der Waals surface area contributed by atoms with E-state index in [1.807, 2.05) is 54.6 Å². The highest BCUT2D eigenvalue weighted by Gasteiger charge is 2.17. The van der Waals surface area contributed by atoms with Gasteiger partial charge in [0.1, 0.15) is 0 Å². The van der Waals surface area contributed by atoms with Crippen molar-refractivity contribution in [1.29, 1.82) is 0 Å². The van der Waals surface area contributed by atoms with Crippen LogP contribution in [0.25, 0.3) is 10.9 Å². The van der Waals surface area contributed by atoms with Gasteiger partial charge in [-0.05, 0) is 42.2 Å². The van der Waals surface area contributed by atoms with Crippen molar-refractivity contribution in [2.24, 2.45) is 0 Å². The maximum atomic E-state index is 13.6. The molecule has 0 saturated carbocycles. The van der Waals surface area contributed by atoms with Gasteiger partial charge in [0.2, 0.25) is 5.91 Å². The van der Waals surface area contributed by atoms with E-state index in [0.717, 1.165) is 17.5 Å². The number of fused-ring (bicyclic) bond motifs is 1. The molecular weight excluding hydrogens is 510 g/mol. The van der Waals surface area contributed by atoms with Crippen molar-refractivity contribution < 1.29 is 14.3 Å². The summed E-state index contributed by atoms with van der Waals surface area (Å²) in [7, 11) is 3.06. The second-order valence-corrected chi connectivity index (χ2v) is 9.71. The van der Waals surface area contributed by atoms with Gasteiger partial charge < -0.3 is 14.8 Å². The van der Waals surface area contributed by atoms with E-state index < -0.39 is 0 Å². The van der Waals surface area contributed by atoms with Gasteiger partial charge in [-0.25, -0.2) is 4.98 Å². The number of amides is 1. The van der Waals surface area contributed by atoms with Crippen LogP contribution in [0.2, 0.25) is 5.02 Å². The summed E-state index contributed by atoms with van der Waals surface area (Å²) in [6.45, 7) is 0.935. The minimum atomic E-state index is -0.202. The highest BCUT2D eigenvalue weighted by molar-refractivity contribution is 7.99. The molecule has 192 valence electrons. The number of rotatable bonds is 11. The Hall–Kier alpha value is -3.49. The van der Waals surface area contributed by atoms with Crippen LogP contribution in [0, 0.1) is 0 Å². The molecular formula is C28H28ClN3O4S. The molecule has 3 aromatic carbocycles. The molecule has 0 atom stereocenters. The lowest BCUT2D eigenvalue weighted by atomic mass is 10.1. The van der Waals surface area contributed by atoms with Crippen molar-refractivity contribution >= 4 is 40.2 Å². The van der Waals surface area contributed by atoms with Gasteiger partial charge in [-0.2, -0.15) is 0 Å². The maximum absolute atomic E-state index is 13.6. The van der Waals surface area contributed by atoms with Crippen molar-refractivity contribution in [1.82, 2.24) is 14.9 Å². The Labute approximate surface area is 224 Å². The van der Waals surface area contributed by atoms with Crippen LogP contribution in [0.1, 0.15) is 11.1 Å². The Morgan fingerprint density at radius 2 is 1.65 bits per heavy atom. The Kier molecular flexibility index (Phi) is 9.09. The van der Waals surface area contributed by atoms with Crippen molar-refractivity contribution in [3.63, 3.8) is 0 Å². The van der Waals surface area contributed by atoms with Crippen LogP contribution < -0.4 is 20.3 Å². The minimum Gasteiger partial charge on any atom is -0.493 e. The summed E-state index contributed by atoms with van der Waals surface area (Å²) in [5, 5.41) is 4.49. The number of carbonyl (C=O) groups excluding carboxylic acids is 1. The van der Waals surface area contributed by atoms with Gasteiger partial charge in [0, 0.05) is 24.2 Å². The molecule has 0 aliphatic carbocycles. The number of nitrogens with zero attached hydrogens (tertiary/aromatic N) is 2. The predicted octanol–water partition coefficient (Wildman–Crippen LogP) is 4.76. The van der Waals surface area contributed by atoms with Crippen molar-refractivity contribution in [2.75, 3.05) is 26.5 Å². The fourth-order valence-electron chi connectivity index (χ4n) is 3.90. The topological polar surface area (TPSA) is 82.5 Å². The van der Waals surface area contributed by atoms with Crippen LogP contribution >= 0.6 is 23.4 Å². The van der Waals surface area contributed by atoms with E-state index in [2.05, 4.69) is 5.32 Å². The number of hydrogen-bond donors (Lipinski definition) is 1. The zero-order valence-electron chi connectivity index (χ0n) is 20.7. The number of methoxy groups -OCH3 is 2. The Bertz CT molecular complexity index is 1430. The van der Waals surface area contributed by atoms with Gasteiger partial charge in [0.25, 0.3) is 5.56 Å². The molecule has 1 amide bonds. The van der Waals surface area contributed by atoms with Gasteiger partial charge in [0.15, 0.2) is 16.7 Å². The summed E-state index contributed by atoms with van der Waals surface area (Å²) >= 11 is 7.25. The Morgan fingerprint density at radius 3 is 2.35 bits per heavy atom. The monoisotopic (exact) mass is 537 g/mol. The molecule has 37 heavy (non-hydrogen) atoms. The number of thioether (sulfide) groups is 1. The Morgan fingerprint density at radius 1 is 0.973 bits per heavy atom. The number of aryl methyl sites for hydroxylation is 1. The number of carbonyl (C=O) groups is 1. The molecule has 7 nitrogen and oxygen atoms in total. The summed E-state index contributed by atoms with van der Waals surface area (Å²) in [6.07, 6.45) is 1.35. The normalized spacial score (nSPS) is 10.9. The fraction of sp³-hybridized carbons (Fsp3) is 0.250. The molecule has 1 aromatic heterocycles. The predicted molar refractivity (Wildman–Crippen MR) is 148 cm³/mol. The standard InChI is InChI=1S/C28H28ClN3O4S/c1-35-24-16-22-23(17-25(24)36-2)31-28(32(27(22)34)15-13-20-8-10-21(29)11-9-20)37-18-26(33)30-14-12-19-6-4-3-5-7-19/h3-11,16-17H,12-15,18H2,1-2H3,(H,30,33). The smallest absolute Gasteiger partial charge is 0.262 e. The lowest BCUT2D eigenvalue weighted by Gasteiger charge is -2.15. The first kappa shape index (κ1) is 26.6. The number of nitrogens with one attached hydrogen (secondary N) is 1. The molecule has 4 aromatic rings. The average molecular weight is 538 g/mol. The molecule has 0 unspecified atom stereocenters. The SMILES string of the molecule is COc1cc2nc(SCC(=O)NCCc3ccccc3)n(CCc3ccc(Cl)cc3)c(=O)c2cc1OC. The van der Waals surface area contributed by atoms with Crippen LogP contribution in [-0.4, -0.2) is 42.0 Å². The molecule has 0 radical (unpaired) electrons. The van der Waals surface area contributed by atoms with E-state index in [4.69, 9.17) is 26.1 Å². The van der Waals surface area contributed by atoms with Gasteiger partial charge in [-0.3, -0.25) is 14.2 Å². The number of halogens is 1. The summed E-state index contributed by atoms with van der Waals surface area (Å²) in [5.74, 6) is 0.958. The highest BCUT2D eigenvalue weighted by Crippen LogP contribution is 2.31. The first-order chi connectivity index (χ1) is 18.0. The van der Waals surface area contributed by atoms with Crippen LogP contribution in [0.15, 0.2) is 76.7 Å². The molecule has 4 rings (SSSR count). The van der Waals surface area contributed by atoms with Crippen LogP contribution in [0.5, 0.6) is 11.5 Å². The first-order valence-corrected chi connectivity index (χ1v) is 13.2. The third-order valence-corrected chi connectivity index (χ3v) is 7.10. The Balaban J connectivity index is 1.55. The van der Waals surface area contributed by atoms with Crippen LogP contribution in [0.4, 0.5) is 0 Å². The van der Waals surface area contributed by atoms with E-state index in [1.54, 1.807) is 16.7 Å². The molecule has 0 bridgehead atoms. The fourth-order valence-corrected chi connectivity index (χ4v) is 4.88. The number of aromatic nitrogens is 2. The number of hydrogen-bond acceptors (Lipinski definition) is 6. The van der Waals surface area contributed by atoms with Gasteiger partial charge in [-0.1, -0.05) is 65.8 Å². The van der Waals surface area contributed by atoms with Gasteiger partial charge >= 0.3 is 0 Å². The first-order valence-electron chi connectivity index (χ1n) is 11.8. The second-order valence-electron chi connectivity index (χ2n) is 8.33. The third-order valence-electron chi connectivity index (χ3n) is 5.87. The molecule has 0 saturated heterocycles. The largest absolute Gasteiger partial charge is 0.493 e. The molecule has 0 aliphatic rings. The summed E-state index contributed by atoms with van der Waals surface area (Å²) in [6, 6.07) is 20.8.